The van der Waals surface area contributed by atoms with Gasteiger partial charge in [-0.25, -0.2) is 4.79 Å². The molecule has 19 heavy (non-hydrogen) atoms. The van der Waals surface area contributed by atoms with Gasteiger partial charge in [0.25, 0.3) is 0 Å². The molecular formula is C13H24N2O4. The lowest BCUT2D eigenvalue weighted by atomic mass is 10.1. The number of amides is 1. The number of hydrogen-bond donors (Lipinski definition) is 1. The normalized spacial score (nSPS) is 17.9. The second-order valence-corrected chi connectivity index (χ2v) is 5.80. The van der Waals surface area contributed by atoms with Gasteiger partial charge in [0.2, 0.25) is 0 Å². The molecule has 1 N–H and O–H groups in total. The lowest BCUT2D eigenvalue weighted by Crippen LogP contribution is -2.46. The average Bonchev–Trinajstić information content (AvgIpc) is 2.25. The molecule has 110 valence electrons. The molecule has 1 rings (SSSR count). The highest BCUT2D eigenvalue weighted by Crippen LogP contribution is 2.12. The van der Waals surface area contributed by atoms with Gasteiger partial charge < -0.3 is 14.8 Å². The third-order valence-electron chi connectivity index (χ3n) is 2.76. The maximum absolute atomic E-state index is 11.6. The fourth-order valence-electron chi connectivity index (χ4n) is 1.86. The van der Waals surface area contributed by atoms with Crippen LogP contribution in [-0.4, -0.2) is 48.4 Å². The fourth-order valence-corrected chi connectivity index (χ4v) is 1.86. The van der Waals surface area contributed by atoms with Gasteiger partial charge in [0.05, 0.1) is 0 Å². The van der Waals surface area contributed by atoms with Crippen molar-refractivity contribution in [2.45, 2.75) is 52.2 Å². The van der Waals surface area contributed by atoms with E-state index in [1.54, 1.807) is 0 Å². The first kappa shape index (κ1) is 15.8. The lowest BCUT2D eigenvalue weighted by Gasteiger charge is -2.32. The first-order valence-electron chi connectivity index (χ1n) is 6.61. The molecule has 0 bridgehead atoms. The molecule has 1 saturated heterocycles. The highest BCUT2D eigenvalue weighted by atomic mass is 16.6. The molecule has 0 aromatic heterocycles. The lowest BCUT2D eigenvalue weighted by molar-refractivity contribution is -0.146. The van der Waals surface area contributed by atoms with E-state index in [0.717, 1.165) is 25.9 Å². The molecule has 1 aliphatic rings. The molecule has 0 unspecified atom stereocenters. The minimum Gasteiger partial charge on any atom is -0.450 e. The Hall–Kier alpha value is -1.30. The van der Waals surface area contributed by atoms with Crippen LogP contribution in [0.3, 0.4) is 0 Å². The number of esters is 1. The number of piperidine rings is 1. The summed E-state index contributed by atoms with van der Waals surface area (Å²) in [7, 11) is 0. The Balaban J connectivity index is 2.23. The Labute approximate surface area is 114 Å². The predicted octanol–water partition coefficient (Wildman–Crippen LogP) is 1.50. The van der Waals surface area contributed by atoms with Crippen molar-refractivity contribution in [3.8, 4) is 0 Å². The van der Waals surface area contributed by atoms with Crippen LogP contribution in [0, 0.1) is 0 Å². The van der Waals surface area contributed by atoms with E-state index in [2.05, 4.69) is 10.2 Å². The second kappa shape index (κ2) is 6.75. The van der Waals surface area contributed by atoms with Gasteiger partial charge in [0, 0.05) is 26.1 Å². The average molecular weight is 272 g/mol. The van der Waals surface area contributed by atoms with Gasteiger partial charge >= 0.3 is 12.1 Å². The molecule has 6 nitrogen and oxygen atoms in total. The van der Waals surface area contributed by atoms with E-state index in [-0.39, 0.29) is 18.1 Å². The molecule has 1 amide bonds. The van der Waals surface area contributed by atoms with Gasteiger partial charge in [-0.2, -0.15) is 0 Å². The smallest absolute Gasteiger partial charge is 0.407 e. The quantitative estimate of drug-likeness (QED) is 0.788. The molecule has 6 heteroatoms. The van der Waals surface area contributed by atoms with E-state index >= 15 is 0 Å². The third kappa shape index (κ3) is 7.00. The zero-order valence-electron chi connectivity index (χ0n) is 12.2. The van der Waals surface area contributed by atoms with Gasteiger partial charge in [0.15, 0.2) is 0 Å². The summed E-state index contributed by atoms with van der Waals surface area (Å²) >= 11 is 0. The van der Waals surface area contributed by atoms with Crippen molar-refractivity contribution in [3.63, 3.8) is 0 Å². The molecule has 0 spiro atoms. The topological polar surface area (TPSA) is 67.9 Å². The Kier molecular flexibility index (Phi) is 5.60. The van der Waals surface area contributed by atoms with E-state index in [0.29, 0.717) is 6.73 Å². The summed E-state index contributed by atoms with van der Waals surface area (Å²) in [5, 5.41) is 2.87. The number of nitrogens with one attached hydrogen (secondary N) is 1. The van der Waals surface area contributed by atoms with E-state index < -0.39 is 5.60 Å². The summed E-state index contributed by atoms with van der Waals surface area (Å²) in [4.78, 5) is 24.4. The zero-order chi connectivity index (χ0) is 14.5. The third-order valence-corrected chi connectivity index (χ3v) is 2.76. The number of rotatable bonds is 3. The number of alkyl carbamates (subject to hydrolysis) is 1. The molecule has 0 saturated carbocycles. The summed E-state index contributed by atoms with van der Waals surface area (Å²) in [6.07, 6.45) is 1.30. The van der Waals surface area contributed by atoms with Gasteiger partial charge in [0.1, 0.15) is 12.3 Å². The largest absolute Gasteiger partial charge is 0.450 e. The Morgan fingerprint density at radius 2 is 1.84 bits per heavy atom. The summed E-state index contributed by atoms with van der Waals surface area (Å²) in [5.74, 6) is -0.269. The van der Waals surface area contributed by atoms with Crippen LogP contribution < -0.4 is 5.32 Å². The monoisotopic (exact) mass is 272 g/mol. The highest BCUT2D eigenvalue weighted by Gasteiger charge is 2.23. The van der Waals surface area contributed by atoms with Crippen LogP contribution in [0.1, 0.15) is 40.5 Å². The van der Waals surface area contributed by atoms with Crippen molar-refractivity contribution >= 4 is 12.1 Å². The fraction of sp³-hybridized carbons (Fsp3) is 0.846. The number of likely N-dealkylation sites (tertiary alicyclic amines) is 1. The van der Waals surface area contributed by atoms with Crippen molar-refractivity contribution in [2.24, 2.45) is 0 Å². The minimum absolute atomic E-state index is 0.128. The van der Waals surface area contributed by atoms with Crippen LogP contribution in [0.15, 0.2) is 0 Å². The minimum atomic E-state index is -0.472. The number of carbonyl (C=O) groups excluding carboxylic acids is 2. The van der Waals surface area contributed by atoms with Crippen molar-refractivity contribution < 1.29 is 19.1 Å². The molecule has 1 heterocycles. The summed E-state index contributed by atoms with van der Waals surface area (Å²) in [5.41, 5.74) is -0.472. The number of ether oxygens (including phenoxy) is 2. The van der Waals surface area contributed by atoms with Crippen LogP contribution in [0.25, 0.3) is 0 Å². The number of hydrogen-bond acceptors (Lipinski definition) is 5. The van der Waals surface area contributed by atoms with Crippen molar-refractivity contribution in [2.75, 3.05) is 19.8 Å². The van der Waals surface area contributed by atoms with E-state index in [9.17, 15) is 9.59 Å². The Bertz CT molecular complexity index is 317. The number of carbonyl (C=O) groups is 2. The second-order valence-electron chi connectivity index (χ2n) is 5.80. The van der Waals surface area contributed by atoms with Gasteiger partial charge in [-0.15, -0.1) is 0 Å². The number of nitrogens with zero attached hydrogens (tertiary/aromatic N) is 1. The highest BCUT2D eigenvalue weighted by molar-refractivity contribution is 5.68. The first-order chi connectivity index (χ1) is 8.76. The van der Waals surface area contributed by atoms with E-state index in [4.69, 9.17) is 9.47 Å². The van der Waals surface area contributed by atoms with E-state index in [1.807, 2.05) is 20.8 Å². The zero-order valence-corrected chi connectivity index (χ0v) is 12.2. The molecule has 1 aliphatic heterocycles. The Morgan fingerprint density at radius 3 is 2.32 bits per heavy atom. The predicted molar refractivity (Wildman–Crippen MR) is 70.6 cm³/mol. The van der Waals surface area contributed by atoms with Gasteiger partial charge in [-0.05, 0) is 33.6 Å². The van der Waals surface area contributed by atoms with Crippen molar-refractivity contribution in [3.05, 3.63) is 0 Å². The van der Waals surface area contributed by atoms with Crippen LogP contribution in [0.2, 0.25) is 0 Å². The van der Waals surface area contributed by atoms with Crippen molar-refractivity contribution in [1.82, 2.24) is 10.2 Å². The first-order valence-corrected chi connectivity index (χ1v) is 6.61. The van der Waals surface area contributed by atoms with Crippen LogP contribution >= 0.6 is 0 Å². The van der Waals surface area contributed by atoms with Crippen molar-refractivity contribution in [1.29, 1.82) is 0 Å². The van der Waals surface area contributed by atoms with E-state index in [1.165, 1.54) is 6.92 Å². The van der Waals surface area contributed by atoms with Gasteiger partial charge in [-0.1, -0.05) is 0 Å². The molecule has 0 aromatic rings. The molecule has 0 aromatic carbocycles. The maximum Gasteiger partial charge on any atom is 0.407 e. The molecular weight excluding hydrogens is 248 g/mol. The molecule has 0 radical (unpaired) electrons. The summed E-state index contributed by atoms with van der Waals surface area (Å²) in [6, 6.07) is 0.128. The molecule has 0 atom stereocenters. The van der Waals surface area contributed by atoms with Crippen LogP contribution in [0.4, 0.5) is 4.79 Å². The standard InChI is InChI=1S/C13H24N2O4/c1-10(16)18-9-15-7-5-11(6-8-15)14-12(17)19-13(2,3)4/h11H,5-9H2,1-4H3,(H,14,17). The van der Waals surface area contributed by atoms with Gasteiger partial charge in [-0.3, -0.25) is 9.69 Å². The summed E-state index contributed by atoms with van der Waals surface area (Å²) in [6.45, 7) is 8.85. The molecule has 1 fully saturated rings. The van der Waals surface area contributed by atoms with Crippen LogP contribution in [0.5, 0.6) is 0 Å². The maximum atomic E-state index is 11.6. The Morgan fingerprint density at radius 1 is 1.26 bits per heavy atom. The van der Waals surface area contributed by atoms with Crippen LogP contribution in [-0.2, 0) is 14.3 Å². The summed E-state index contributed by atoms with van der Waals surface area (Å²) < 4.78 is 10.2. The SMILES string of the molecule is CC(=O)OCN1CCC(NC(=O)OC(C)(C)C)CC1. The molecule has 0 aliphatic carbocycles.